The van der Waals surface area contributed by atoms with Gasteiger partial charge >= 0.3 is 0 Å². The van der Waals surface area contributed by atoms with E-state index in [1.54, 1.807) is 4.90 Å². The molecule has 102 valence electrons. The summed E-state index contributed by atoms with van der Waals surface area (Å²) in [6.45, 7) is 2.90. The fraction of sp³-hybridized carbons (Fsp3) is 0.462. The molecule has 0 saturated carbocycles. The van der Waals surface area contributed by atoms with Gasteiger partial charge in [-0.25, -0.2) is 8.78 Å². The van der Waals surface area contributed by atoms with Crippen molar-refractivity contribution in [1.29, 1.82) is 0 Å². The molecule has 6 heteroatoms. The number of benzene rings is 1. The van der Waals surface area contributed by atoms with Gasteiger partial charge in [0.25, 0.3) is 5.91 Å². The highest BCUT2D eigenvalue weighted by molar-refractivity contribution is 9.10. The van der Waals surface area contributed by atoms with E-state index in [1.165, 1.54) is 0 Å². The first-order chi connectivity index (χ1) is 9.06. The maximum absolute atomic E-state index is 13.8. The molecule has 0 aliphatic carbocycles. The van der Waals surface area contributed by atoms with Crippen LogP contribution in [0.3, 0.4) is 0 Å². The van der Waals surface area contributed by atoms with Crippen molar-refractivity contribution in [2.24, 2.45) is 11.8 Å². The van der Waals surface area contributed by atoms with Crippen molar-refractivity contribution in [3.05, 3.63) is 33.8 Å². The van der Waals surface area contributed by atoms with Gasteiger partial charge in [0.15, 0.2) is 0 Å². The third-order valence-electron chi connectivity index (χ3n) is 3.90. The Hall–Kier alpha value is -1.01. The van der Waals surface area contributed by atoms with E-state index in [0.29, 0.717) is 29.4 Å². The van der Waals surface area contributed by atoms with Crippen LogP contribution in [0.15, 0.2) is 16.6 Å². The maximum Gasteiger partial charge on any atom is 0.259 e. The van der Waals surface area contributed by atoms with Gasteiger partial charge < -0.3 is 10.2 Å². The van der Waals surface area contributed by atoms with Gasteiger partial charge in [-0.3, -0.25) is 4.79 Å². The van der Waals surface area contributed by atoms with E-state index in [0.717, 1.165) is 25.2 Å². The standard InChI is InChI=1S/C13H13BrF2N2O/c14-9-1-10(15)12(11(16)2-9)13(19)18-5-7-3-17-4-8(7)6-18/h1-2,7-8,17H,3-6H2/t7-,8+. The Morgan fingerprint density at radius 2 is 1.74 bits per heavy atom. The number of carbonyl (C=O) groups is 1. The minimum atomic E-state index is -0.813. The average molecular weight is 331 g/mol. The third kappa shape index (κ3) is 2.27. The zero-order valence-corrected chi connectivity index (χ0v) is 11.7. The largest absolute Gasteiger partial charge is 0.338 e. The quantitative estimate of drug-likeness (QED) is 0.854. The summed E-state index contributed by atoms with van der Waals surface area (Å²) < 4.78 is 27.8. The number of fused-ring (bicyclic) bond motifs is 1. The van der Waals surface area contributed by atoms with Crippen LogP contribution in [0.4, 0.5) is 8.78 Å². The Labute approximate surface area is 118 Å². The molecule has 1 amide bonds. The normalized spacial score (nSPS) is 25.7. The fourth-order valence-corrected chi connectivity index (χ4v) is 3.33. The topological polar surface area (TPSA) is 32.3 Å². The number of hydrogen-bond acceptors (Lipinski definition) is 2. The van der Waals surface area contributed by atoms with Crippen LogP contribution in [0.1, 0.15) is 10.4 Å². The average Bonchev–Trinajstić information content (AvgIpc) is 2.86. The van der Waals surface area contributed by atoms with Gasteiger partial charge in [0.2, 0.25) is 0 Å². The lowest BCUT2D eigenvalue weighted by Crippen LogP contribution is -2.33. The number of carbonyl (C=O) groups excluding carboxylic acids is 1. The van der Waals surface area contributed by atoms with Crippen LogP contribution in [0, 0.1) is 23.5 Å². The van der Waals surface area contributed by atoms with E-state index in [1.807, 2.05) is 0 Å². The molecule has 2 aliphatic heterocycles. The van der Waals surface area contributed by atoms with Gasteiger partial charge in [0, 0.05) is 30.7 Å². The van der Waals surface area contributed by atoms with Crippen molar-refractivity contribution < 1.29 is 13.6 Å². The summed E-state index contributed by atoms with van der Waals surface area (Å²) in [5.41, 5.74) is -0.448. The van der Waals surface area contributed by atoms with Crippen LogP contribution in [0.2, 0.25) is 0 Å². The molecule has 0 aromatic heterocycles. The molecule has 2 aliphatic rings. The molecular weight excluding hydrogens is 318 g/mol. The van der Waals surface area contributed by atoms with Crippen LogP contribution in [-0.4, -0.2) is 37.0 Å². The Morgan fingerprint density at radius 3 is 2.26 bits per heavy atom. The van der Waals surface area contributed by atoms with Gasteiger partial charge in [0.05, 0.1) is 0 Å². The number of amides is 1. The van der Waals surface area contributed by atoms with Crippen molar-refractivity contribution in [1.82, 2.24) is 10.2 Å². The number of halogens is 3. The first-order valence-electron chi connectivity index (χ1n) is 6.21. The van der Waals surface area contributed by atoms with E-state index in [9.17, 15) is 13.6 Å². The number of nitrogens with zero attached hydrogens (tertiary/aromatic N) is 1. The minimum absolute atomic E-state index is 0.293. The third-order valence-corrected chi connectivity index (χ3v) is 4.36. The SMILES string of the molecule is O=C(c1c(F)cc(Br)cc1F)N1C[C@H]2CNC[C@H]2C1. The Balaban J connectivity index is 1.85. The van der Waals surface area contributed by atoms with E-state index in [2.05, 4.69) is 21.2 Å². The Bertz CT molecular complexity index is 502. The molecule has 0 spiro atoms. The van der Waals surface area contributed by atoms with E-state index >= 15 is 0 Å². The predicted molar refractivity (Wildman–Crippen MR) is 69.8 cm³/mol. The fourth-order valence-electron chi connectivity index (χ4n) is 2.93. The molecule has 0 radical (unpaired) electrons. The van der Waals surface area contributed by atoms with Gasteiger partial charge in [-0.1, -0.05) is 15.9 Å². The van der Waals surface area contributed by atoms with Crippen molar-refractivity contribution >= 4 is 21.8 Å². The van der Waals surface area contributed by atoms with Gasteiger partial charge in [-0.15, -0.1) is 0 Å². The minimum Gasteiger partial charge on any atom is -0.338 e. The molecule has 1 aromatic carbocycles. The van der Waals surface area contributed by atoms with Crippen molar-refractivity contribution in [2.45, 2.75) is 0 Å². The molecule has 2 fully saturated rings. The van der Waals surface area contributed by atoms with Gasteiger partial charge in [-0.05, 0) is 24.0 Å². The monoisotopic (exact) mass is 330 g/mol. The first kappa shape index (κ1) is 13.0. The van der Waals surface area contributed by atoms with Crippen LogP contribution in [-0.2, 0) is 0 Å². The number of hydrogen-bond donors (Lipinski definition) is 1. The second kappa shape index (κ2) is 4.83. The van der Waals surface area contributed by atoms with E-state index in [-0.39, 0.29) is 0 Å². The molecule has 2 saturated heterocycles. The highest BCUT2D eigenvalue weighted by Crippen LogP contribution is 2.29. The lowest BCUT2D eigenvalue weighted by atomic mass is 10.0. The zero-order valence-electron chi connectivity index (χ0n) is 10.1. The molecule has 19 heavy (non-hydrogen) atoms. The maximum atomic E-state index is 13.8. The van der Waals surface area contributed by atoms with Crippen molar-refractivity contribution in [3.63, 3.8) is 0 Å². The molecule has 2 atom stereocenters. The van der Waals surface area contributed by atoms with Crippen molar-refractivity contribution in [3.8, 4) is 0 Å². The molecule has 3 rings (SSSR count). The van der Waals surface area contributed by atoms with Gasteiger partial charge in [0.1, 0.15) is 17.2 Å². The summed E-state index contributed by atoms with van der Waals surface area (Å²) in [5, 5.41) is 3.26. The molecule has 0 unspecified atom stereocenters. The Morgan fingerprint density at radius 1 is 1.21 bits per heavy atom. The molecule has 2 heterocycles. The zero-order chi connectivity index (χ0) is 13.6. The van der Waals surface area contributed by atoms with E-state index in [4.69, 9.17) is 0 Å². The number of nitrogens with one attached hydrogen (secondary N) is 1. The number of rotatable bonds is 1. The van der Waals surface area contributed by atoms with E-state index < -0.39 is 23.1 Å². The molecule has 3 nitrogen and oxygen atoms in total. The van der Waals surface area contributed by atoms with Crippen LogP contribution in [0.5, 0.6) is 0 Å². The Kier molecular flexibility index (Phi) is 3.30. The summed E-state index contributed by atoms with van der Waals surface area (Å²) in [6.07, 6.45) is 0. The summed E-state index contributed by atoms with van der Waals surface area (Å²) in [7, 11) is 0. The summed E-state index contributed by atoms with van der Waals surface area (Å²) in [5.74, 6) is -1.35. The predicted octanol–water partition coefficient (Wildman–Crippen LogP) is 2.02. The molecule has 1 aromatic rings. The number of likely N-dealkylation sites (tertiary alicyclic amines) is 1. The second-order valence-electron chi connectivity index (χ2n) is 5.13. The smallest absolute Gasteiger partial charge is 0.259 e. The summed E-state index contributed by atoms with van der Waals surface area (Å²) in [4.78, 5) is 13.8. The van der Waals surface area contributed by atoms with Crippen LogP contribution < -0.4 is 5.32 Å². The molecule has 0 bridgehead atoms. The summed E-state index contributed by atoms with van der Waals surface area (Å²) >= 11 is 3.01. The van der Waals surface area contributed by atoms with Crippen molar-refractivity contribution in [2.75, 3.05) is 26.2 Å². The first-order valence-corrected chi connectivity index (χ1v) is 7.00. The highest BCUT2D eigenvalue weighted by Gasteiger charge is 2.39. The second-order valence-corrected chi connectivity index (χ2v) is 6.05. The van der Waals surface area contributed by atoms with Gasteiger partial charge in [-0.2, -0.15) is 0 Å². The van der Waals surface area contributed by atoms with Crippen LogP contribution in [0.25, 0.3) is 0 Å². The molecular formula is C13H13BrF2N2O. The lowest BCUT2D eigenvalue weighted by Gasteiger charge is -2.18. The van der Waals surface area contributed by atoms with Crippen LogP contribution >= 0.6 is 15.9 Å². The molecule has 1 N–H and O–H groups in total. The summed E-state index contributed by atoms with van der Waals surface area (Å²) in [6, 6.07) is 2.24. The highest BCUT2D eigenvalue weighted by atomic mass is 79.9. The lowest BCUT2D eigenvalue weighted by molar-refractivity contribution is 0.0772.